The molecule has 0 unspecified atom stereocenters. The van der Waals surface area contributed by atoms with Crippen LogP contribution in [0, 0.1) is 5.92 Å². The molecule has 11 heavy (non-hydrogen) atoms. The molecule has 2 aliphatic carbocycles. The third kappa shape index (κ3) is 1.41. The highest BCUT2D eigenvalue weighted by Crippen LogP contribution is 2.46. The topological polar surface area (TPSA) is 26.0 Å². The van der Waals surface area contributed by atoms with Gasteiger partial charge in [-0.1, -0.05) is 0 Å². The second-order valence-electron chi connectivity index (χ2n) is 4.18. The Morgan fingerprint density at radius 3 is 2.09 bits per heavy atom. The first kappa shape index (κ1) is 7.53. The van der Waals surface area contributed by atoms with Crippen LogP contribution in [-0.2, 0) is 0 Å². The molecule has 1 nitrogen and oxygen atoms in total. The SMILES string of the molecule is NC1(C2CCC(F)CC2)CC1. The summed E-state index contributed by atoms with van der Waals surface area (Å²) in [6, 6.07) is 0. The summed E-state index contributed by atoms with van der Waals surface area (Å²) < 4.78 is 12.7. The summed E-state index contributed by atoms with van der Waals surface area (Å²) in [5, 5.41) is 0. The molecular weight excluding hydrogens is 141 g/mol. The third-order valence-electron chi connectivity index (χ3n) is 3.30. The monoisotopic (exact) mass is 157 g/mol. The fourth-order valence-corrected chi connectivity index (χ4v) is 2.18. The van der Waals surface area contributed by atoms with Crippen molar-refractivity contribution in [3.8, 4) is 0 Å². The van der Waals surface area contributed by atoms with Crippen molar-refractivity contribution in [2.45, 2.75) is 50.2 Å². The average molecular weight is 157 g/mol. The first-order valence-electron chi connectivity index (χ1n) is 4.64. The van der Waals surface area contributed by atoms with Crippen LogP contribution in [0.25, 0.3) is 0 Å². The fourth-order valence-electron chi connectivity index (χ4n) is 2.18. The maximum absolute atomic E-state index is 12.7. The van der Waals surface area contributed by atoms with Gasteiger partial charge in [-0.2, -0.15) is 0 Å². The minimum absolute atomic E-state index is 0.139. The van der Waals surface area contributed by atoms with E-state index in [4.69, 9.17) is 5.73 Å². The van der Waals surface area contributed by atoms with Gasteiger partial charge in [0.15, 0.2) is 0 Å². The van der Waals surface area contributed by atoms with Crippen molar-refractivity contribution in [1.29, 1.82) is 0 Å². The van der Waals surface area contributed by atoms with Crippen LogP contribution in [0.1, 0.15) is 38.5 Å². The van der Waals surface area contributed by atoms with Crippen LogP contribution in [0.15, 0.2) is 0 Å². The summed E-state index contributed by atoms with van der Waals surface area (Å²) in [6.45, 7) is 0. The maximum atomic E-state index is 12.7. The Bertz CT molecular complexity index is 146. The molecule has 0 atom stereocenters. The van der Waals surface area contributed by atoms with Crippen molar-refractivity contribution >= 4 is 0 Å². The van der Waals surface area contributed by atoms with E-state index in [1.807, 2.05) is 0 Å². The number of halogens is 1. The first-order chi connectivity index (χ1) is 5.21. The molecule has 0 aromatic rings. The van der Waals surface area contributed by atoms with Crippen molar-refractivity contribution in [2.75, 3.05) is 0 Å². The highest BCUT2D eigenvalue weighted by Gasteiger charge is 2.46. The van der Waals surface area contributed by atoms with Crippen molar-refractivity contribution in [3.63, 3.8) is 0 Å². The van der Waals surface area contributed by atoms with Gasteiger partial charge in [-0.25, -0.2) is 4.39 Å². The number of nitrogens with two attached hydrogens (primary N) is 1. The third-order valence-corrected chi connectivity index (χ3v) is 3.30. The quantitative estimate of drug-likeness (QED) is 0.619. The molecular formula is C9H16FN. The fraction of sp³-hybridized carbons (Fsp3) is 1.00. The van der Waals surface area contributed by atoms with Gasteiger partial charge in [0.05, 0.1) is 0 Å². The molecule has 0 bridgehead atoms. The van der Waals surface area contributed by atoms with Gasteiger partial charge in [-0.3, -0.25) is 0 Å². The van der Waals surface area contributed by atoms with E-state index in [-0.39, 0.29) is 5.54 Å². The van der Waals surface area contributed by atoms with Crippen LogP contribution in [0.5, 0.6) is 0 Å². The van der Waals surface area contributed by atoms with E-state index >= 15 is 0 Å². The van der Waals surface area contributed by atoms with E-state index in [0.29, 0.717) is 5.92 Å². The normalized spacial score (nSPS) is 42.0. The molecule has 2 rings (SSSR count). The highest BCUT2D eigenvalue weighted by atomic mass is 19.1. The van der Waals surface area contributed by atoms with Crippen LogP contribution in [-0.4, -0.2) is 11.7 Å². The zero-order valence-corrected chi connectivity index (χ0v) is 6.85. The van der Waals surface area contributed by atoms with E-state index in [1.54, 1.807) is 0 Å². The summed E-state index contributed by atoms with van der Waals surface area (Å²) in [5.41, 5.74) is 6.18. The zero-order valence-electron chi connectivity index (χ0n) is 6.85. The smallest absolute Gasteiger partial charge is 0.100 e. The van der Waals surface area contributed by atoms with Crippen LogP contribution >= 0.6 is 0 Å². The van der Waals surface area contributed by atoms with Gasteiger partial charge in [0.1, 0.15) is 6.17 Å². The second kappa shape index (κ2) is 2.44. The summed E-state index contributed by atoms with van der Waals surface area (Å²) >= 11 is 0. The van der Waals surface area contributed by atoms with Gasteiger partial charge in [-0.05, 0) is 44.4 Å². The molecule has 0 aliphatic heterocycles. The molecule has 0 heterocycles. The Morgan fingerprint density at radius 2 is 1.64 bits per heavy atom. The van der Waals surface area contributed by atoms with Crippen LogP contribution in [0.4, 0.5) is 4.39 Å². The zero-order chi connectivity index (χ0) is 7.90. The minimum atomic E-state index is -0.534. The lowest BCUT2D eigenvalue weighted by Gasteiger charge is -2.28. The predicted octanol–water partition coefficient (Wildman–Crippen LogP) is 2.01. The van der Waals surface area contributed by atoms with Crippen molar-refractivity contribution in [3.05, 3.63) is 0 Å². The molecule has 64 valence electrons. The molecule has 0 aromatic heterocycles. The molecule has 0 saturated heterocycles. The number of hydrogen-bond donors (Lipinski definition) is 1. The molecule has 2 N–H and O–H groups in total. The molecule has 0 amide bonds. The van der Waals surface area contributed by atoms with Crippen molar-refractivity contribution in [2.24, 2.45) is 11.7 Å². The van der Waals surface area contributed by atoms with Crippen molar-refractivity contribution < 1.29 is 4.39 Å². The molecule has 2 saturated carbocycles. The molecule has 2 aliphatic rings. The van der Waals surface area contributed by atoms with Gasteiger partial charge in [0.25, 0.3) is 0 Å². The summed E-state index contributed by atoms with van der Waals surface area (Å²) in [7, 11) is 0. The van der Waals surface area contributed by atoms with E-state index in [2.05, 4.69) is 0 Å². The lowest BCUT2D eigenvalue weighted by molar-refractivity contribution is 0.184. The molecule has 0 spiro atoms. The average Bonchev–Trinajstić information content (AvgIpc) is 2.70. The standard InChI is InChI=1S/C9H16FN/c10-8-3-1-7(2-4-8)9(11)5-6-9/h7-8H,1-6,11H2. The lowest BCUT2D eigenvalue weighted by Crippen LogP contribution is -2.35. The Hall–Kier alpha value is -0.110. The second-order valence-corrected chi connectivity index (χ2v) is 4.18. The number of hydrogen-bond acceptors (Lipinski definition) is 1. The number of rotatable bonds is 1. The van der Waals surface area contributed by atoms with E-state index < -0.39 is 6.17 Å². The van der Waals surface area contributed by atoms with E-state index in [1.165, 1.54) is 12.8 Å². The largest absolute Gasteiger partial charge is 0.325 e. The van der Waals surface area contributed by atoms with Gasteiger partial charge in [0, 0.05) is 5.54 Å². The van der Waals surface area contributed by atoms with E-state index in [0.717, 1.165) is 25.7 Å². The van der Waals surface area contributed by atoms with E-state index in [9.17, 15) is 4.39 Å². The van der Waals surface area contributed by atoms with Crippen LogP contribution in [0.3, 0.4) is 0 Å². The summed E-state index contributed by atoms with van der Waals surface area (Å²) in [6.07, 6.45) is 5.37. The first-order valence-corrected chi connectivity index (χ1v) is 4.64. The summed E-state index contributed by atoms with van der Waals surface area (Å²) in [5.74, 6) is 0.634. The Kier molecular flexibility index (Phi) is 1.67. The number of alkyl halides is 1. The van der Waals surface area contributed by atoms with Crippen molar-refractivity contribution in [1.82, 2.24) is 0 Å². The van der Waals surface area contributed by atoms with Crippen LogP contribution < -0.4 is 5.73 Å². The van der Waals surface area contributed by atoms with Gasteiger partial charge in [-0.15, -0.1) is 0 Å². The Labute approximate surface area is 67.2 Å². The Balaban J connectivity index is 1.87. The highest BCUT2D eigenvalue weighted by molar-refractivity contribution is 5.04. The summed E-state index contributed by atoms with van der Waals surface area (Å²) in [4.78, 5) is 0. The molecule has 2 heteroatoms. The lowest BCUT2D eigenvalue weighted by atomic mass is 9.82. The molecule has 0 radical (unpaired) electrons. The molecule has 0 aromatic carbocycles. The van der Waals surface area contributed by atoms with Gasteiger partial charge in [0.2, 0.25) is 0 Å². The van der Waals surface area contributed by atoms with Gasteiger partial charge < -0.3 is 5.73 Å². The predicted molar refractivity (Wildman–Crippen MR) is 43.0 cm³/mol. The van der Waals surface area contributed by atoms with Gasteiger partial charge >= 0.3 is 0 Å². The minimum Gasteiger partial charge on any atom is -0.325 e. The molecule has 2 fully saturated rings. The maximum Gasteiger partial charge on any atom is 0.100 e. The van der Waals surface area contributed by atoms with Crippen LogP contribution in [0.2, 0.25) is 0 Å². The Morgan fingerprint density at radius 1 is 1.09 bits per heavy atom.